The number of benzene rings is 1. The lowest BCUT2D eigenvalue weighted by atomic mass is 10.1. The summed E-state index contributed by atoms with van der Waals surface area (Å²) in [5, 5.41) is 13.4. The zero-order valence-corrected chi connectivity index (χ0v) is 11.5. The van der Waals surface area contributed by atoms with Crippen LogP contribution in [0.3, 0.4) is 0 Å². The molecule has 4 heteroatoms. The molecule has 18 heavy (non-hydrogen) atoms. The SMILES string of the molecule is CCSC1CCC(Nc2ccc(N)cc2C#N)C1. The molecule has 0 spiro atoms. The zero-order valence-electron chi connectivity index (χ0n) is 10.6. The Morgan fingerprint density at radius 1 is 1.50 bits per heavy atom. The van der Waals surface area contributed by atoms with E-state index < -0.39 is 0 Å². The second kappa shape index (κ2) is 6.01. The monoisotopic (exact) mass is 261 g/mol. The first kappa shape index (κ1) is 13.1. The quantitative estimate of drug-likeness (QED) is 0.817. The maximum atomic E-state index is 9.10. The third kappa shape index (κ3) is 3.11. The summed E-state index contributed by atoms with van der Waals surface area (Å²) in [5.74, 6) is 1.18. The van der Waals surface area contributed by atoms with Crippen LogP contribution in [0.25, 0.3) is 0 Å². The van der Waals surface area contributed by atoms with Gasteiger partial charge in [-0.1, -0.05) is 6.92 Å². The van der Waals surface area contributed by atoms with Crippen LogP contribution in [-0.2, 0) is 0 Å². The molecule has 0 radical (unpaired) electrons. The third-order valence-electron chi connectivity index (χ3n) is 3.31. The Labute approximate surface area is 113 Å². The fourth-order valence-corrected chi connectivity index (χ4v) is 3.60. The molecule has 1 aromatic rings. The summed E-state index contributed by atoms with van der Waals surface area (Å²) in [7, 11) is 0. The number of nitrogens with one attached hydrogen (secondary N) is 1. The van der Waals surface area contributed by atoms with Crippen LogP contribution in [0.5, 0.6) is 0 Å². The molecule has 3 N–H and O–H groups in total. The molecule has 0 aliphatic heterocycles. The number of thioether (sulfide) groups is 1. The highest BCUT2D eigenvalue weighted by atomic mass is 32.2. The summed E-state index contributed by atoms with van der Waals surface area (Å²) < 4.78 is 0. The van der Waals surface area contributed by atoms with Crippen LogP contribution in [0.1, 0.15) is 31.7 Å². The number of nitriles is 1. The topological polar surface area (TPSA) is 61.8 Å². The van der Waals surface area contributed by atoms with Gasteiger partial charge in [-0.05, 0) is 43.2 Å². The number of nitrogens with two attached hydrogens (primary N) is 1. The van der Waals surface area contributed by atoms with E-state index in [-0.39, 0.29) is 0 Å². The first-order valence-electron chi connectivity index (χ1n) is 6.40. The van der Waals surface area contributed by atoms with E-state index in [1.165, 1.54) is 25.0 Å². The van der Waals surface area contributed by atoms with Gasteiger partial charge in [0.1, 0.15) is 6.07 Å². The Morgan fingerprint density at radius 2 is 2.33 bits per heavy atom. The lowest BCUT2D eigenvalue weighted by Crippen LogP contribution is -2.16. The van der Waals surface area contributed by atoms with Crippen molar-refractivity contribution in [2.75, 3.05) is 16.8 Å². The van der Waals surface area contributed by atoms with Crippen LogP contribution in [0.4, 0.5) is 11.4 Å². The van der Waals surface area contributed by atoms with E-state index in [0.717, 1.165) is 10.9 Å². The van der Waals surface area contributed by atoms with E-state index in [0.29, 0.717) is 17.3 Å². The van der Waals surface area contributed by atoms with Gasteiger partial charge in [0.15, 0.2) is 0 Å². The average Bonchev–Trinajstić information content (AvgIpc) is 2.79. The number of anilines is 2. The zero-order chi connectivity index (χ0) is 13.0. The van der Waals surface area contributed by atoms with Crippen molar-refractivity contribution in [1.29, 1.82) is 5.26 Å². The Hall–Kier alpha value is -1.34. The van der Waals surface area contributed by atoms with Crippen molar-refractivity contribution in [3.63, 3.8) is 0 Å². The van der Waals surface area contributed by atoms with Crippen molar-refractivity contribution in [3.8, 4) is 6.07 Å². The van der Waals surface area contributed by atoms with Crippen molar-refractivity contribution < 1.29 is 0 Å². The molecule has 0 bridgehead atoms. The molecule has 1 fully saturated rings. The summed E-state index contributed by atoms with van der Waals surface area (Å²) >= 11 is 2.04. The van der Waals surface area contributed by atoms with Crippen LogP contribution in [0.2, 0.25) is 0 Å². The molecule has 1 aromatic carbocycles. The first-order chi connectivity index (χ1) is 8.72. The van der Waals surface area contributed by atoms with Crippen LogP contribution in [-0.4, -0.2) is 17.0 Å². The van der Waals surface area contributed by atoms with Gasteiger partial charge in [-0.15, -0.1) is 0 Å². The molecule has 2 atom stereocenters. The van der Waals surface area contributed by atoms with Gasteiger partial charge in [-0.25, -0.2) is 0 Å². The lowest BCUT2D eigenvalue weighted by Gasteiger charge is -2.15. The molecular weight excluding hydrogens is 242 g/mol. The summed E-state index contributed by atoms with van der Waals surface area (Å²) in [4.78, 5) is 0. The highest BCUT2D eigenvalue weighted by molar-refractivity contribution is 7.99. The highest BCUT2D eigenvalue weighted by Crippen LogP contribution is 2.32. The average molecular weight is 261 g/mol. The number of rotatable bonds is 4. The summed E-state index contributed by atoms with van der Waals surface area (Å²) in [6, 6.07) is 8.18. The van der Waals surface area contributed by atoms with E-state index in [9.17, 15) is 0 Å². The lowest BCUT2D eigenvalue weighted by molar-refractivity contribution is 0.757. The minimum Gasteiger partial charge on any atom is -0.399 e. The second-order valence-electron chi connectivity index (χ2n) is 4.65. The van der Waals surface area contributed by atoms with E-state index in [1.807, 2.05) is 23.9 Å². The van der Waals surface area contributed by atoms with Crippen LogP contribution in [0, 0.1) is 11.3 Å². The molecule has 96 valence electrons. The molecule has 3 nitrogen and oxygen atoms in total. The molecule has 0 heterocycles. The standard InChI is InChI=1S/C14H19N3S/c1-2-18-13-5-4-12(8-13)17-14-6-3-11(16)7-10(14)9-15/h3,6-7,12-13,17H,2,4-5,8,16H2,1H3. The van der Waals surface area contributed by atoms with E-state index >= 15 is 0 Å². The first-order valence-corrected chi connectivity index (χ1v) is 7.45. The van der Waals surface area contributed by atoms with Gasteiger partial charge in [0, 0.05) is 17.0 Å². The molecule has 1 saturated carbocycles. The highest BCUT2D eigenvalue weighted by Gasteiger charge is 2.24. The van der Waals surface area contributed by atoms with E-state index in [2.05, 4.69) is 18.3 Å². The summed E-state index contributed by atoms with van der Waals surface area (Å²) in [6.07, 6.45) is 3.65. The summed E-state index contributed by atoms with van der Waals surface area (Å²) in [6.45, 7) is 2.21. The second-order valence-corrected chi connectivity index (χ2v) is 6.23. The molecule has 2 rings (SSSR count). The number of hydrogen-bond donors (Lipinski definition) is 2. The Bertz CT molecular complexity index is 453. The van der Waals surface area contributed by atoms with E-state index in [4.69, 9.17) is 11.0 Å². The predicted molar refractivity (Wildman–Crippen MR) is 78.8 cm³/mol. The van der Waals surface area contributed by atoms with Gasteiger partial charge < -0.3 is 11.1 Å². The number of nitrogens with zero attached hydrogens (tertiary/aromatic N) is 1. The minimum absolute atomic E-state index is 0.491. The Kier molecular flexibility index (Phi) is 4.38. The maximum Gasteiger partial charge on any atom is 0.101 e. The van der Waals surface area contributed by atoms with Crippen LogP contribution < -0.4 is 11.1 Å². The largest absolute Gasteiger partial charge is 0.399 e. The van der Waals surface area contributed by atoms with Crippen molar-refractivity contribution in [3.05, 3.63) is 23.8 Å². The third-order valence-corrected chi connectivity index (χ3v) is 4.54. The van der Waals surface area contributed by atoms with E-state index in [1.54, 1.807) is 6.07 Å². The molecule has 1 aliphatic carbocycles. The smallest absolute Gasteiger partial charge is 0.101 e. The van der Waals surface area contributed by atoms with Gasteiger partial charge in [0.25, 0.3) is 0 Å². The van der Waals surface area contributed by atoms with Gasteiger partial charge in [0.2, 0.25) is 0 Å². The fourth-order valence-electron chi connectivity index (χ4n) is 2.46. The van der Waals surface area contributed by atoms with Crippen LogP contribution in [0.15, 0.2) is 18.2 Å². The Balaban J connectivity index is 2.00. The molecule has 1 aliphatic rings. The number of hydrogen-bond acceptors (Lipinski definition) is 4. The van der Waals surface area contributed by atoms with Gasteiger partial charge in [-0.3, -0.25) is 0 Å². The predicted octanol–water partition coefficient (Wildman–Crippen LogP) is 3.23. The minimum atomic E-state index is 0.491. The number of nitrogen functional groups attached to an aromatic ring is 1. The van der Waals surface area contributed by atoms with Gasteiger partial charge in [-0.2, -0.15) is 17.0 Å². The van der Waals surface area contributed by atoms with Gasteiger partial charge in [0.05, 0.1) is 11.3 Å². The molecule has 0 aromatic heterocycles. The molecule has 0 saturated heterocycles. The van der Waals surface area contributed by atoms with Gasteiger partial charge >= 0.3 is 0 Å². The van der Waals surface area contributed by atoms with Crippen LogP contribution >= 0.6 is 11.8 Å². The van der Waals surface area contributed by atoms with Crippen molar-refractivity contribution in [2.24, 2.45) is 0 Å². The van der Waals surface area contributed by atoms with Crippen molar-refractivity contribution in [2.45, 2.75) is 37.5 Å². The Morgan fingerprint density at radius 3 is 3.06 bits per heavy atom. The molecule has 2 unspecified atom stereocenters. The van der Waals surface area contributed by atoms with Crippen molar-refractivity contribution in [1.82, 2.24) is 0 Å². The fraction of sp³-hybridized carbons (Fsp3) is 0.500. The molecule has 0 amide bonds. The maximum absolute atomic E-state index is 9.10. The summed E-state index contributed by atoms with van der Waals surface area (Å²) in [5.41, 5.74) is 7.89. The normalized spacial score (nSPS) is 22.7. The van der Waals surface area contributed by atoms with Crippen molar-refractivity contribution >= 4 is 23.1 Å². The molecular formula is C14H19N3S.